The normalized spacial score (nSPS) is 13.1. The van der Waals surface area contributed by atoms with Crippen LogP contribution in [0.3, 0.4) is 0 Å². The molecule has 10 heteroatoms. The van der Waals surface area contributed by atoms with Crippen LogP contribution in [0.25, 0.3) is 0 Å². The summed E-state index contributed by atoms with van der Waals surface area (Å²) in [6.45, 7) is 4.50. The average Bonchev–Trinajstić information content (AvgIpc) is 3.41. The Morgan fingerprint density at radius 3 is 0.937 bits per heavy atom. The van der Waals surface area contributed by atoms with Gasteiger partial charge in [0.15, 0.2) is 6.10 Å². The molecular formula is C69H137NO8P+. The van der Waals surface area contributed by atoms with Crippen LogP contribution in [0, 0.1) is 0 Å². The van der Waals surface area contributed by atoms with Gasteiger partial charge in [0.1, 0.15) is 19.8 Å². The molecule has 0 aromatic heterocycles. The Hall–Kier alpha value is -1.25. The second-order valence-electron chi connectivity index (χ2n) is 25.3. The molecule has 0 aliphatic heterocycles. The number of hydrogen-bond donors (Lipinski definition) is 1. The Labute approximate surface area is 492 Å². The lowest BCUT2D eigenvalue weighted by Gasteiger charge is -2.24. The molecule has 1 N–H and O–H groups in total. The molecule has 0 bridgehead atoms. The molecule has 79 heavy (non-hydrogen) atoms. The van der Waals surface area contributed by atoms with Crippen LogP contribution in [0.15, 0.2) is 12.2 Å². The maximum absolute atomic E-state index is 12.8. The highest BCUT2D eigenvalue weighted by Crippen LogP contribution is 2.43. The molecule has 0 aliphatic carbocycles. The van der Waals surface area contributed by atoms with Gasteiger partial charge < -0.3 is 18.9 Å². The molecule has 0 spiro atoms. The molecule has 0 aromatic rings. The quantitative estimate of drug-likeness (QED) is 0.0211. The number of carbonyl (C=O) groups excluding carboxylic acids is 2. The predicted octanol–water partition coefficient (Wildman–Crippen LogP) is 22.3. The summed E-state index contributed by atoms with van der Waals surface area (Å²) in [7, 11) is 1.50. The lowest BCUT2D eigenvalue weighted by atomic mass is 10.0. The molecular weight excluding hydrogens is 1000 g/mol. The number of unbranched alkanes of at least 4 members (excludes halogenated alkanes) is 50. The number of allylic oxidation sites excluding steroid dienone is 2. The van der Waals surface area contributed by atoms with Gasteiger partial charge in [0.2, 0.25) is 0 Å². The van der Waals surface area contributed by atoms with E-state index in [1.807, 2.05) is 21.1 Å². The maximum Gasteiger partial charge on any atom is 0.472 e. The number of quaternary nitrogens is 1. The zero-order chi connectivity index (χ0) is 57.7. The summed E-state index contributed by atoms with van der Waals surface area (Å²) in [6, 6.07) is 0. The minimum Gasteiger partial charge on any atom is -0.462 e. The van der Waals surface area contributed by atoms with Crippen LogP contribution in [-0.4, -0.2) is 74.9 Å². The molecule has 470 valence electrons. The zero-order valence-corrected chi connectivity index (χ0v) is 54.5. The topological polar surface area (TPSA) is 108 Å². The van der Waals surface area contributed by atoms with Crippen molar-refractivity contribution >= 4 is 19.8 Å². The third-order valence-corrected chi connectivity index (χ3v) is 17.0. The van der Waals surface area contributed by atoms with Crippen LogP contribution in [0.2, 0.25) is 0 Å². The first-order chi connectivity index (χ1) is 38.5. The van der Waals surface area contributed by atoms with E-state index >= 15 is 0 Å². The smallest absolute Gasteiger partial charge is 0.462 e. The van der Waals surface area contributed by atoms with Crippen molar-refractivity contribution in [2.24, 2.45) is 0 Å². The molecule has 0 fully saturated rings. The van der Waals surface area contributed by atoms with E-state index in [1.165, 1.54) is 289 Å². The first-order valence-corrected chi connectivity index (χ1v) is 36.4. The summed E-state index contributed by atoms with van der Waals surface area (Å²) < 4.78 is 34.7. The van der Waals surface area contributed by atoms with Crippen molar-refractivity contribution in [3.05, 3.63) is 12.2 Å². The van der Waals surface area contributed by atoms with Crippen LogP contribution in [0.5, 0.6) is 0 Å². The number of esters is 2. The van der Waals surface area contributed by atoms with Gasteiger partial charge in [-0.05, 0) is 38.5 Å². The van der Waals surface area contributed by atoms with Gasteiger partial charge in [0.05, 0.1) is 27.7 Å². The largest absolute Gasteiger partial charge is 0.472 e. The van der Waals surface area contributed by atoms with Gasteiger partial charge in [-0.25, -0.2) is 4.57 Å². The SMILES string of the molecule is CCCCCCCCC/C=C\CCCCCCCCCC(=O)OC(COC(=O)CCCCCCCCCCCCCCCCCCCCCCCCCCCCCCCCCCCCCCC)COP(=O)(O)OCC[N+](C)(C)C. The number of likely N-dealkylation sites (N-methyl/N-ethyl adjacent to an activating group) is 1. The summed E-state index contributed by atoms with van der Waals surface area (Å²) in [6.07, 6.45) is 74.8. The Morgan fingerprint density at radius 1 is 0.380 bits per heavy atom. The standard InChI is InChI=1S/C69H136NO8P/c1-6-8-10-12-14-16-18-20-22-24-26-27-28-29-30-31-32-33-34-35-36-37-38-39-40-41-42-43-44-46-47-49-51-53-55-57-59-61-68(71)75-65-67(66-77-79(73,74)76-64-63-70(3,4)5)78-69(72)62-60-58-56-54-52-50-48-45-25-23-21-19-17-15-13-11-9-7-2/h23,25,67H,6-22,24,26-66H2,1-5H3/p+1/b25-23-. The number of rotatable bonds is 66. The molecule has 0 amide bonds. The van der Waals surface area contributed by atoms with E-state index in [4.69, 9.17) is 18.5 Å². The van der Waals surface area contributed by atoms with Gasteiger partial charge in [0, 0.05) is 12.8 Å². The van der Waals surface area contributed by atoms with Crippen molar-refractivity contribution in [3.8, 4) is 0 Å². The summed E-state index contributed by atoms with van der Waals surface area (Å²) in [5.41, 5.74) is 0. The maximum atomic E-state index is 12.8. The highest BCUT2D eigenvalue weighted by molar-refractivity contribution is 7.47. The Balaban J connectivity index is 3.88. The molecule has 0 rings (SSSR count). The van der Waals surface area contributed by atoms with Crippen molar-refractivity contribution in [2.45, 2.75) is 373 Å². The summed E-state index contributed by atoms with van der Waals surface area (Å²) >= 11 is 0. The van der Waals surface area contributed by atoms with E-state index in [2.05, 4.69) is 26.0 Å². The molecule has 9 nitrogen and oxygen atoms in total. The minimum atomic E-state index is -4.38. The van der Waals surface area contributed by atoms with Crippen LogP contribution < -0.4 is 0 Å². The number of nitrogens with zero attached hydrogens (tertiary/aromatic N) is 1. The number of carbonyl (C=O) groups is 2. The molecule has 0 aliphatic rings. The summed E-state index contributed by atoms with van der Waals surface area (Å²) in [5, 5.41) is 0. The Kier molecular flexibility index (Phi) is 60.3. The molecule has 2 atom stereocenters. The molecule has 0 saturated heterocycles. The van der Waals surface area contributed by atoms with Crippen molar-refractivity contribution in [1.29, 1.82) is 0 Å². The monoisotopic (exact) mass is 1140 g/mol. The fraction of sp³-hybridized carbons (Fsp3) is 0.942. The Morgan fingerprint density at radius 2 is 0.646 bits per heavy atom. The van der Waals surface area contributed by atoms with E-state index in [1.54, 1.807) is 0 Å². The van der Waals surface area contributed by atoms with Crippen LogP contribution in [0.1, 0.15) is 367 Å². The van der Waals surface area contributed by atoms with Crippen molar-refractivity contribution in [3.63, 3.8) is 0 Å². The predicted molar refractivity (Wildman–Crippen MR) is 340 cm³/mol. The van der Waals surface area contributed by atoms with E-state index in [9.17, 15) is 19.0 Å². The van der Waals surface area contributed by atoms with E-state index in [0.29, 0.717) is 23.9 Å². The van der Waals surface area contributed by atoms with Crippen LogP contribution in [-0.2, 0) is 32.7 Å². The Bertz CT molecular complexity index is 1340. The third kappa shape index (κ3) is 65.8. The lowest BCUT2D eigenvalue weighted by Crippen LogP contribution is -2.37. The number of phosphoric acid groups is 1. The van der Waals surface area contributed by atoms with Crippen molar-refractivity contribution in [1.82, 2.24) is 0 Å². The van der Waals surface area contributed by atoms with Crippen molar-refractivity contribution in [2.75, 3.05) is 47.5 Å². The van der Waals surface area contributed by atoms with Gasteiger partial charge in [-0.3, -0.25) is 18.6 Å². The van der Waals surface area contributed by atoms with Gasteiger partial charge in [0.25, 0.3) is 0 Å². The van der Waals surface area contributed by atoms with Crippen molar-refractivity contribution < 1.29 is 42.1 Å². The summed E-state index contributed by atoms with van der Waals surface area (Å²) in [4.78, 5) is 35.8. The lowest BCUT2D eigenvalue weighted by molar-refractivity contribution is -0.870. The second kappa shape index (κ2) is 61.3. The van der Waals surface area contributed by atoms with Gasteiger partial charge in [-0.1, -0.05) is 328 Å². The summed E-state index contributed by atoms with van der Waals surface area (Å²) in [5.74, 6) is -0.781. The number of hydrogen-bond acceptors (Lipinski definition) is 7. The molecule has 0 radical (unpaired) electrons. The minimum absolute atomic E-state index is 0.0346. The highest BCUT2D eigenvalue weighted by atomic mass is 31.2. The van der Waals surface area contributed by atoms with Gasteiger partial charge in [-0.2, -0.15) is 0 Å². The molecule has 2 unspecified atom stereocenters. The molecule has 0 aromatic carbocycles. The fourth-order valence-electron chi connectivity index (χ4n) is 10.7. The van der Waals surface area contributed by atoms with E-state index < -0.39 is 26.5 Å². The highest BCUT2D eigenvalue weighted by Gasteiger charge is 2.27. The zero-order valence-electron chi connectivity index (χ0n) is 53.7. The number of phosphoric ester groups is 1. The van der Waals surface area contributed by atoms with Gasteiger partial charge in [-0.15, -0.1) is 0 Å². The molecule has 0 saturated carbocycles. The van der Waals surface area contributed by atoms with Crippen LogP contribution >= 0.6 is 7.82 Å². The molecule has 0 heterocycles. The second-order valence-corrected chi connectivity index (χ2v) is 26.7. The van der Waals surface area contributed by atoms with Gasteiger partial charge >= 0.3 is 19.8 Å². The first kappa shape index (κ1) is 77.8. The average molecular weight is 1140 g/mol. The first-order valence-electron chi connectivity index (χ1n) is 34.9. The third-order valence-electron chi connectivity index (χ3n) is 16.0. The van der Waals surface area contributed by atoms with E-state index in [0.717, 1.165) is 44.9 Å². The number of ether oxygens (including phenoxy) is 2. The fourth-order valence-corrected chi connectivity index (χ4v) is 11.4. The van der Waals surface area contributed by atoms with Crippen LogP contribution in [0.4, 0.5) is 0 Å². The van der Waals surface area contributed by atoms with E-state index in [-0.39, 0.29) is 25.6 Å².